The Morgan fingerprint density at radius 3 is 2.54 bits per heavy atom. The van der Waals surface area contributed by atoms with Gasteiger partial charge in [0.1, 0.15) is 5.76 Å². The van der Waals surface area contributed by atoms with Gasteiger partial charge in [-0.15, -0.1) is 11.3 Å². The van der Waals surface area contributed by atoms with Crippen molar-refractivity contribution in [2.45, 2.75) is 38.0 Å². The first-order valence-corrected chi connectivity index (χ1v) is 10.8. The van der Waals surface area contributed by atoms with Crippen molar-refractivity contribution in [3.05, 3.63) is 58.8 Å². The van der Waals surface area contributed by atoms with Gasteiger partial charge in [0, 0.05) is 13.0 Å². The fourth-order valence-corrected chi connectivity index (χ4v) is 4.27. The van der Waals surface area contributed by atoms with Gasteiger partial charge in [-0.2, -0.15) is 0 Å². The van der Waals surface area contributed by atoms with E-state index < -0.39 is 10.0 Å². The largest absolute Gasteiger partial charge is 0.440 e. The molecule has 0 unspecified atom stereocenters. The van der Waals surface area contributed by atoms with Crippen LogP contribution in [0.1, 0.15) is 36.8 Å². The van der Waals surface area contributed by atoms with E-state index in [9.17, 15) is 8.42 Å². The van der Waals surface area contributed by atoms with Crippen LogP contribution in [0.4, 0.5) is 0 Å². The molecule has 7 heteroatoms. The predicted molar refractivity (Wildman–Crippen MR) is 104 cm³/mol. The summed E-state index contributed by atoms with van der Waals surface area (Å²) in [6, 6.07) is 10.9. The highest BCUT2D eigenvalue weighted by Crippen LogP contribution is 2.26. The third kappa shape index (κ3) is 4.23. The van der Waals surface area contributed by atoms with E-state index in [2.05, 4.69) is 23.6 Å². The van der Waals surface area contributed by atoms with Crippen LogP contribution in [-0.4, -0.2) is 19.9 Å². The zero-order valence-corrected chi connectivity index (χ0v) is 16.7. The number of nitrogens with one attached hydrogen (secondary N) is 1. The zero-order valence-electron chi connectivity index (χ0n) is 15.0. The molecule has 2 aromatic heterocycles. The monoisotopic (exact) mass is 390 g/mol. The summed E-state index contributed by atoms with van der Waals surface area (Å²) in [5.74, 6) is 1.67. The lowest BCUT2D eigenvalue weighted by molar-refractivity contribution is 0.539. The Hall–Kier alpha value is -1.96. The minimum atomic E-state index is -3.53. The van der Waals surface area contributed by atoms with Crippen molar-refractivity contribution >= 4 is 21.4 Å². The summed E-state index contributed by atoms with van der Waals surface area (Å²) in [5, 5.41) is 1.97. The highest BCUT2D eigenvalue weighted by Gasteiger charge is 2.16. The van der Waals surface area contributed by atoms with Crippen LogP contribution in [0.3, 0.4) is 0 Å². The van der Waals surface area contributed by atoms with Gasteiger partial charge in [0.25, 0.3) is 0 Å². The average molecular weight is 391 g/mol. The Morgan fingerprint density at radius 1 is 1.19 bits per heavy atom. The molecule has 0 aliphatic carbocycles. The second kappa shape index (κ2) is 7.73. The lowest BCUT2D eigenvalue weighted by atomic mass is 10.0. The highest BCUT2D eigenvalue weighted by molar-refractivity contribution is 7.89. The van der Waals surface area contributed by atoms with Crippen LogP contribution in [-0.2, 0) is 16.4 Å². The van der Waals surface area contributed by atoms with Crippen LogP contribution in [0, 0.1) is 6.92 Å². The van der Waals surface area contributed by atoms with Gasteiger partial charge in [-0.3, -0.25) is 0 Å². The average Bonchev–Trinajstić information content (AvgIpc) is 3.25. The van der Waals surface area contributed by atoms with Gasteiger partial charge in [-0.1, -0.05) is 32.0 Å². The first kappa shape index (κ1) is 18.8. The maximum Gasteiger partial charge on any atom is 0.240 e. The smallest absolute Gasteiger partial charge is 0.240 e. The molecule has 138 valence electrons. The molecule has 3 rings (SSSR count). The van der Waals surface area contributed by atoms with E-state index in [0.717, 1.165) is 16.1 Å². The number of hydrogen-bond acceptors (Lipinski definition) is 5. The molecule has 1 N–H and O–H groups in total. The maximum atomic E-state index is 12.4. The Morgan fingerprint density at radius 2 is 1.92 bits per heavy atom. The van der Waals surface area contributed by atoms with Crippen molar-refractivity contribution in [3.63, 3.8) is 0 Å². The van der Waals surface area contributed by atoms with Gasteiger partial charge < -0.3 is 4.42 Å². The van der Waals surface area contributed by atoms with Gasteiger partial charge in [0.05, 0.1) is 15.5 Å². The lowest BCUT2D eigenvalue weighted by Crippen LogP contribution is -2.26. The first-order valence-electron chi connectivity index (χ1n) is 8.46. The van der Waals surface area contributed by atoms with Crippen LogP contribution in [0.2, 0.25) is 0 Å². The van der Waals surface area contributed by atoms with Crippen LogP contribution < -0.4 is 4.72 Å². The third-order valence-electron chi connectivity index (χ3n) is 4.14. The minimum Gasteiger partial charge on any atom is -0.440 e. The number of sulfonamides is 1. The van der Waals surface area contributed by atoms with Gasteiger partial charge in [0.2, 0.25) is 15.9 Å². The maximum absolute atomic E-state index is 12.4. The second-order valence-corrected chi connectivity index (χ2v) is 9.09. The Kier molecular flexibility index (Phi) is 5.60. The molecule has 0 amide bonds. The molecule has 5 nitrogen and oxygen atoms in total. The summed E-state index contributed by atoms with van der Waals surface area (Å²) in [6.07, 6.45) is 0.476. The molecule has 0 fully saturated rings. The van der Waals surface area contributed by atoms with E-state index in [4.69, 9.17) is 4.42 Å². The molecular weight excluding hydrogens is 368 g/mol. The first-order chi connectivity index (χ1) is 12.4. The molecule has 3 aromatic rings. The Labute approximate surface area is 158 Å². The molecule has 0 atom stereocenters. The number of rotatable bonds is 7. The molecular formula is C19H22N2O3S2. The van der Waals surface area contributed by atoms with Gasteiger partial charge >= 0.3 is 0 Å². The molecule has 0 bridgehead atoms. The summed E-state index contributed by atoms with van der Waals surface area (Å²) in [4.78, 5) is 5.72. The molecule has 0 saturated carbocycles. The number of hydrogen-bond donors (Lipinski definition) is 1. The van der Waals surface area contributed by atoms with Crippen molar-refractivity contribution < 1.29 is 12.8 Å². The number of aromatic nitrogens is 1. The summed E-state index contributed by atoms with van der Waals surface area (Å²) >= 11 is 1.56. The van der Waals surface area contributed by atoms with Crippen molar-refractivity contribution in [1.82, 2.24) is 9.71 Å². The van der Waals surface area contributed by atoms with Gasteiger partial charge in [0.15, 0.2) is 0 Å². The van der Waals surface area contributed by atoms with E-state index in [-0.39, 0.29) is 11.4 Å². The molecule has 0 spiro atoms. The number of nitrogens with zero attached hydrogens (tertiary/aromatic N) is 1. The number of benzene rings is 1. The number of aryl methyl sites for hydroxylation is 1. The molecule has 0 radical (unpaired) electrons. The zero-order chi connectivity index (χ0) is 18.7. The SMILES string of the molecule is Cc1oc(-c2cccs2)nc1CCNS(=O)(=O)c1ccc(C(C)C)cc1. The van der Waals surface area contributed by atoms with Gasteiger partial charge in [-0.05, 0) is 42.0 Å². The summed E-state index contributed by atoms with van der Waals surface area (Å²) < 4.78 is 33.2. The molecule has 2 heterocycles. The molecule has 0 aliphatic heterocycles. The third-order valence-corrected chi connectivity index (χ3v) is 6.47. The van der Waals surface area contributed by atoms with Crippen LogP contribution in [0.5, 0.6) is 0 Å². The van der Waals surface area contributed by atoms with E-state index >= 15 is 0 Å². The molecule has 0 aliphatic rings. The second-order valence-electron chi connectivity index (χ2n) is 6.37. The number of thiophene rings is 1. The topological polar surface area (TPSA) is 72.2 Å². The van der Waals surface area contributed by atoms with E-state index in [1.165, 1.54) is 0 Å². The predicted octanol–water partition coefficient (Wildman–Crippen LogP) is 4.36. The standard InChI is InChI=1S/C19H22N2O3S2/c1-13(2)15-6-8-16(9-7-15)26(22,23)20-11-10-17-14(3)24-19(21-17)18-5-4-12-25-18/h4-9,12-13,20H,10-11H2,1-3H3. The summed E-state index contributed by atoms with van der Waals surface area (Å²) in [7, 11) is -3.53. The summed E-state index contributed by atoms with van der Waals surface area (Å²) in [5.41, 5.74) is 1.88. The van der Waals surface area contributed by atoms with Crippen molar-refractivity contribution in [1.29, 1.82) is 0 Å². The minimum absolute atomic E-state index is 0.269. The highest BCUT2D eigenvalue weighted by atomic mass is 32.2. The van der Waals surface area contributed by atoms with Crippen molar-refractivity contribution in [2.24, 2.45) is 0 Å². The normalized spacial score (nSPS) is 12.0. The Bertz CT molecular complexity index is 957. The van der Waals surface area contributed by atoms with Crippen molar-refractivity contribution in [2.75, 3.05) is 6.54 Å². The quantitative estimate of drug-likeness (QED) is 0.651. The van der Waals surface area contributed by atoms with Gasteiger partial charge in [-0.25, -0.2) is 18.1 Å². The van der Waals surface area contributed by atoms with Crippen LogP contribution in [0.15, 0.2) is 51.1 Å². The van der Waals surface area contributed by atoms with Crippen LogP contribution in [0.25, 0.3) is 10.8 Å². The summed E-state index contributed by atoms with van der Waals surface area (Å²) in [6.45, 7) is 6.27. The lowest BCUT2D eigenvalue weighted by Gasteiger charge is -2.09. The van der Waals surface area contributed by atoms with E-state index in [1.807, 2.05) is 36.6 Å². The fraction of sp³-hybridized carbons (Fsp3) is 0.316. The van der Waals surface area contributed by atoms with Crippen LogP contribution >= 0.6 is 11.3 Å². The number of oxazole rings is 1. The van der Waals surface area contributed by atoms with E-state index in [1.54, 1.807) is 23.5 Å². The molecule has 1 aromatic carbocycles. The molecule has 0 saturated heterocycles. The van der Waals surface area contributed by atoms with Crippen molar-refractivity contribution in [3.8, 4) is 10.8 Å². The Balaban J connectivity index is 1.64. The molecule has 26 heavy (non-hydrogen) atoms. The fourth-order valence-electron chi connectivity index (χ4n) is 2.58. The van der Waals surface area contributed by atoms with E-state index in [0.29, 0.717) is 24.0 Å².